The molecule has 0 spiro atoms. The van der Waals surface area contributed by atoms with E-state index in [1.165, 1.54) is 0 Å². The fourth-order valence-corrected chi connectivity index (χ4v) is 2.28. The average molecular weight is 261 g/mol. The van der Waals surface area contributed by atoms with Crippen molar-refractivity contribution in [1.82, 2.24) is 10.2 Å². The van der Waals surface area contributed by atoms with Crippen molar-refractivity contribution in [2.24, 2.45) is 0 Å². The summed E-state index contributed by atoms with van der Waals surface area (Å²) >= 11 is 4.84. The van der Waals surface area contributed by atoms with Gasteiger partial charge in [0, 0.05) is 18.7 Å². The number of H-pyrrole nitrogens is 1. The maximum absolute atomic E-state index is 12.0. The molecular formula is C12H11N3O2S. The molecule has 18 heavy (non-hydrogen) atoms. The van der Waals surface area contributed by atoms with Gasteiger partial charge in [-0.15, -0.1) is 5.10 Å². The van der Waals surface area contributed by atoms with Crippen LogP contribution in [0.1, 0.15) is 18.2 Å². The highest BCUT2D eigenvalue weighted by molar-refractivity contribution is 7.71. The maximum Gasteiger partial charge on any atom is 0.284 e. The van der Waals surface area contributed by atoms with Crippen LogP contribution in [-0.4, -0.2) is 22.6 Å². The first-order valence-corrected chi connectivity index (χ1v) is 6.05. The predicted molar refractivity (Wildman–Crippen MR) is 67.8 cm³/mol. The van der Waals surface area contributed by atoms with Gasteiger partial charge in [-0.3, -0.25) is 4.79 Å². The molecule has 0 bridgehead atoms. The molecule has 2 heterocycles. The molecule has 1 unspecified atom stereocenters. The Kier molecular flexibility index (Phi) is 2.71. The normalized spacial score (nSPS) is 19.4. The summed E-state index contributed by atoms with van der Waals surface area (Å²) in [5.74, 6) is 0.549. The second-order valence-electron chi connectivity index (χ2n) is 4.19. The number of rotatable bonds is 2. The van der Waals surface area contributed by atoms with Gasteiger partial charge in [0.15, 0.2) is 0 Å². The standard InChI is InChI=1S/C12H11N3O2S/c16-10-6-8(11-13-14-12(18)17-11)7-15(10)9-4-2-1-3-5-9/h1-5,8H,6-7H2,(H,14,18). The molecule has 6 heteroatoms. The first-order valence-electron chi connectivity index (χ1n) is 5.65. The number of para-hydroxylation sites is 1. The summed E-state index contributed by atoms with van der Waals surface area (Å²) in [7, 11) is 0. The molecule has 92 valence electrons. The molecule has 1 aromatic heterocycles. The number of nitrogens with one attached hydrogen (secondary N) is 1. The van der Waals surface area contributed by atoms with E-state index in [4.69, 9.17) is 16.6 Å². The number of amides is 1. The highest BCUT2D eigenvalue weighted by atomic mass is 32.1. The van der Waals surface area contributed by atoms with Crippen molar-refractivity contribution in [2.75, 3.05) is 11.4 Å². The Bertz CT molecular complexity index is 620. The van der Waals surface area contributed by atoms with Gasteiger partial charge in [-0.25, -0.2) is 5.10 Å². The number of carbonyl (C=O) groups is 1. The highest BCUT2D eigenvalue weighted by Gasteiger charge is 2.34. The summed E-state index contributed by atoms with van der Waals surface area (Å²) in [5, 5.41) is 6.57. The van der Waals surface area contributed by atoms with Gasteiger partial charge in [-0.05, 0) is 24.4 Å². The lowest BCUT2D eigenvalue weighted by atomic mass is 10.1. The third-order valence-electron chi connectivity index (χ3n) is 3.00. The molecule has 0 radical (unpaired) electrons. The van der Waals surface area contributed by atoms with Gasteiger partial charge in [0.05, 0.1) is 5.92 Å². The summed E-state index contributed by atoms with van der Waals surface area (Å²) < 4.78 is 5.27. The van der Waals surface area contributed by atoms with Crippen LogP contribution in [0.4, 0.5) is 5.69 Å². The van der Waals surface area contributed by atoms with Crippen LogP contribution in [0.5, 0.6) is 0 Å². The molecular weight excluding hydrogens is 250 g/mol. The van der Waals surface area contributed by atoms with Crippen LogP contribution in [0.3, 0.4) is 0 Å². The van der Waals surface area contributed by atoms with Crippen LogP contribution in [0.2, 0.25) is 0 Å². The van der Waals surface area contributed by atoms with Crippen LogP contribution in [0.25, 0.3) is 0 Å². The average Bonchev–Trinajstić information content (AvgIpc) is 2.97. The van der Waals surface area contributed by atoms with Gasteiger partial charge in [0.1, 0.15) is 0 Å². The topological polar surface area (TPSA) is 62.1 Å². The summed E-state index contributed by atoms with van der Waals surface area (Å²) in [6.45, 7) is 0.575. The Morgan fingerprint density at radius 1 is 1.39 bits per heavy atom. The molecule has 1 saturated heterocycles. The Morgan fingerprint density at radius 3 is 2.83 bits per heavy atom. The van der Waals surface area contributed by atoms with Crippen molar-refractivity contribution < 1.29 is 9.21 Å². The third kappa shape index (κ3) is 1.95. The Hall–Kier alpha value is -1.95. The SMILES string of the molecule is O=C1CC(c2n[nH]c(=S)o2)CN1c1ccccc1. The summed E-state index contributed by atoms with van der Waals surface area (Å²) in [6, 6.07) is 9.58. The summed E-state index contributed by atoms with van der Waals surface area (Å²) in [5.41, 5.74) is 0.902. The lowest BCUT2D eigenvalue weighted by molar-refractivity contribution is -0.117. The Labute approximate surface area is 108 Å². The quantitative estimate of drug-likeness (QED) is 0.842. The van der Waals surface area contributed by atoms with E-state index in [9.17, 15) is 4.79 Å². The van der Waals surface area contributed by atoms with Crippen molar-refractivity contribution in [3.8, 4) is 0 Å². The van der Waals surface area contributed by atoms with E-state index in [0.29, 0.717) is 18.9 Å². The largest absolute Gasteiger partial charge is 0.414 e. The van der Waals surface area contributed by atoms with Gasteiger partial charge in [0.25, 0.3) is 4.84 Å². The van der Waals surface area contributed by atoms with Gasteiger partial charge in [-0.1, -0.05) is 18.2 Å². The zero-order chi connectivity index (χ0) is 12.5. The molecule has 5 nitrogen and oxygen atoms in total. The highest BCUT2D eigenvalue weighted by Crippen LogP contribution is 2.30. The fraction of sp³-hybridized carbons (Fsp3) is 0.250. The van der Waals surface area contributed by atoms with Crippen molar-refractivity contribution >= 4 is 23.8 Å². The second-order valence-corrected chi connectivity index (χ2v) is 4.56. The van der Waals surface area contributed by atoms with Crippen LogP contribution >= 0.6 is 12.2 Å². The van der Waals surface area contributed by atoms with Crippen LogP contribution < -0.4 is 4.90 Å². The molecule has 2 aromatic rings. The van der Waals surface area contributed by atoms with E-state index in [1.807, 2.05) is 30.3 Å². The first kappa shape index (κ1) is 11.2. The zero-order valence-electron chi connectivity index (χ0n) is 9.50. The molecule has 1 N–H and O–H groups in total. The number of aromatic nitrogens is 2. The number of hydrogen-bond acceptors (Lipinski definition) is 4. The molecule has 1 atom stereocenters. The number of carbonyl (C=O) groups excluding carboxylic acids is 1. The van der Waals surface area contributed by atoms with Crippen molar-refractivity contribution in [2.45, 2.75) is 12.3 Å². The van der Waals surface area contributed by atoms with E-state index < -0.39 is 0 Å². The Balaban J connectivity index is 1.85. The minimum atomic E-state index is -0.0364. The lowest BCUT2D eigenvalue weighted by Gasteiger charge is -2.15. The second kappa shape index (κ2) is 4.38. The fourth-order valence-electron chi connectivity index (χ4n) is 2.15. The van der Waals surface area contributed by atoms with Gasteiger partial charge < -0.3 is 9.32 Å². The summed E-state index contributed by atoms with van der Waals surface area (Å²) in [4.78, 5) is 14.0. The maximum atomic E-state index is 12.0. The summed E-state index contributed by atoms with van der Waals surface area (Å²) in [6.07, 6.45) is 0.401. The van der Waals surface area contributed by atoms with Crippen molar-refractivity contribution in [1.29, 1.82) is 0 Å². The Morgan fingerprint density at radius 2 is 2.17 bits per heavy atom. The number of benzene rings is 1. The monoisotopic (exact) mass is 261 g/mol. The lowest BCUT2D eigenvalue weighted by Crippen LogP contribution is -2.24. The van der Waals surface area contributed by atoms with Gasteiger partial charge in [0.2, 0.25) is 11.8 Å². The van der Waals surface area contributed by atoms with E-state index in [0.717, 1.165) is 5.69 Å². The third-order valence-corrected chi connectivity index (χ3v) is 3.17. The molecule has 1 aliphatic heterocycles. The predicted octanol–water partition coefficient (Wildman–Crippen LogP) is 2.25. The van der Waals surface area contributed by atoms with Crippen molar-refractivity contribution in [3.63, 3.8) is 0 Å². The van der Waals surface area contributed by atoms with E-state index in [-0.39, 0.29) is 16.7 Å². The molecule has 0 aliphatic carbocycles. The number of hydrogen-bond donors (Lipinski definition) is 1. The van der Waals surface area contributed by atoms with Crippen LogP contribution in [0.15, 0.2) is 34.7 Å². The van der Waals surface area contributed by atoms with Crippen LogP contribution in [0, 0.1) is 4.84 Å². The van der Waals surface area contributed by atoms with Gasteiger partial charge >= 0.3 is 0 Å². The van der Waals surface area contributed by atoms with E-state index in [2.05, 4.69) is 10.2 Å². The zero-order valence-corrected chi connectivity index (χ0v) is 10.3. The molecule has 1 aromatic carbocycles. The number of anilines is 1. The molecule has 3 rings (SSSR count). The van der Waals surface area contributed by atoms with E-state index in [1.54, 1.807) is 4.90 Å². The first-order chi connectivity index (χ1) is 8.74. The minimum absolute atomic E-state index is 0.0364. The molecule has 1 amide bonds. The molecule has 0 saturated carbocycles. The number of aromatic amines is 1. The molecule has 1 fully saturated rings. The van der Waals surface area contributed by atoms with Gasteiger partial charge in [-0.2, -0.15) is 0 Å². The van der Waals surface area contributed by atoms with E-state index >= 15 is 0 Å². The minimum Gasteiger partial charge on any atom is -0.414 e. The molecule has 1 aliphatic rings. The van der Waals surface area contributed by atoms with Crippen LogP contribution in [-0.2, 0) is 4.79 Å². The van der Waals surface area contributed by atoms with Crippen molar-refractivity contribution in [3.05, 3.63) is 41.1 Å². The smallest absolute Gasteiger partial charge is 0.284 e. The number of nitrogens with zero attached hydrogens (tertiary/aromatic N) is 2.